The Morgan fingerprint density at radius 3 is 2.67 bits per heavy atom. The lowest BCUT2D eigenvalue weighted by molar-refractivity contribution is -0.149. The number of nitrogens with zero attached hydrogens (tertiary/aromatic N) is 4. The van der Waals surface area contributed by atoms with Gasteiger partial charge in [-0.05, 0) is 51.6 Å². The minimum Gasteiger partial charge on any atom is -0.479 e. The Balaban J connectivity index is 1.56. The number of para-hydroxylation sites is 1. The van der Waals surface area contributed by atoms with Crippen molar-refractivity contribution in [1.29, 1.82) is 0 Å². The largest absolute Gasteiger partial charge is 0.479 e. The van der Waals surface area contributed by atoms with E-state index in [1.165, 1.54) is 24.9 Å². The van der Waals surface area contributed by atoms with Crippen LogP contribution in [0.5, 0.6) is 11.6 Å². The zero-order valence-electron chi connectivity index (χ0n) is 22.6. The lowest BCUT2D eigenvalue weighted by atomic mass is 9.98. The molecule has 3 heterocycles. The molecule has 13 nitrogen and oxygen atoms in total. The zero-order valence-corrected chi connectivity index (χ0v) is 24.3. The lowest BCUT2D eigenvalue weighted by Crippen LogP contribution is -2.41. The highest BCUT2D eigenvalue weighted by Crippen LogP contribution is 2.48. The summed E-state index contributed by atoms with van der Waals surface area (Å²) < 4.78 is 45.6. The molecule has 4 rings (SSSR count). The summed E-state index contributed by atoms with van der Waals surface area (Å²) in [6.07, 6.45) is -3.22. The van der Waals surface area contributed by atoms with Gasteiger partial charge in [0.25, 0.3) is 0 Å². The number of rotatable bonds is 11. The number of imidazole rings is 1. The molecule has 1 saturated heterocycles. The van der Waals surface area contributed by atoms with Crippen LogP contribution in [0, 0.1) is 0 Å². The van der Waals surface area contributed by atoms with E-state index >= 15 is 4.39 Å². The molecule has 0 unspecified atom stereocenters. The van der Waals surface area contributed by atoms with Crippen molar-refractivity contribution >= 4 is 41.5 Å². The first-order chi connectivity index (χ1) is 18.8. The van der Waals surface area contributed by atoms with Crippen LogP contribution in [0.2, 0.25) is 0 Å². The summed E-state index contributed by atoms with van der Waals surface area (Å²) in [5.74, 6) is -0.170. The van der Waals surface area contributed by atoms with Crippen molar-refractivity contribution in [3.63, 3.8) is 0 Å². The van der Waals surface area contributed by atoms with Crippen LogP contribution in [-0.4, -0.2) is 74.3 Å². The van der Waals surface area contributed by atoms with Crippen molar-refractivity contribution in [2.45, 2.75) is 63.9 Å². The molecule has 0 bridgehead atoms. The molecule has 1 aromatic carbocycles. The number of fused-ring (bicyclic) bond motifs is 1. The van der Waals surface area contributed by atoms with Gasteiger partial charge < -0.3 is 34.1 Å². The number of aliphatic hydroxyl groups is 1. The quantitative estimate of drug-likeness (QED) is 0.218. The number of aliphatic hydroxyl groups excluding tert-OH is 1. The topological polar surface area (TPSA) is 165 Å². The third-order valence-corrected chi connectivity index (χ3v) is 8.50. The highest BCUT2D eigenvalue weighted by atomic mass is 32.5. The zero-order chi connectivity index (χ0) is 29.2. The molecule has 3 aromatic rings. The van der Waals surface area contributed by atoms with Gasteiger partial charge in [-0.3, -0.25) is 9.36 Å². The summed E-state index contributed by atoms with van der Waals surface area (Å²) in [4.78, 5) is 24.8. The summed E-state index contributed by atoms with van der Waals surface area (Å²) in [6.45, 7) is 2.37. The monoisotopic (exact) mass is 598 g/mol. The number of benzene rings is 1. The van der Waals surface area contributed by atoms with Gasteiger partial charge in [-0.25, -0.2) is 14.5 Å². The van der Waals surface area contributed by atoms with E-state index in [0.717, 1.165) is 0 Å². The van der Waals surface area contributed by atoms with Crippen molar-refractivity contribution in [1.82, 2.24) is 24.6 Å². The van der Waals surface area contributed by atoms with Crippen LogP contribution in [-0.2, 0) is 30.6 Å². The molecule has 0 spiro atoms. The van der Waals surface area contributed by atoms with E-state index in [-0.39, 0.29) is 35.7 Å². The molecule has 0 saturated carbocycles. The van der Waals surface area contributed by atoms with Crippen molar-refractivity contribution in [2.75, 3.05) is 19.5 Å². The van der Waals surface area contributed by atoms with E-state index in [0.29, 0.717) is 5.75 Å². The standard InChI is InChI=1S/C24H32FN6O7PS/c1-13(2)36-21(33)14(3)30-39(40,38-15-9-7-6-8-10-15)35-11-16-18(32)24(4,25)22(37-16)31-12-27-17-19(31)28-23(26)29-20(17)34-5/h6-10,12-14,16,18,22,32H,11H2,1-5H3,(H,30,40)(H2,26,28,29)/t14-,16-,18-,22-,24-,39+/m1/s1. The molecule has 218 valence electrons. The van der Waals surface area contributed by atoms with E-state index < -0.39 is 42.8 Å². The predicted molar refractivity (Wildman–Crippen MR) is 147 cm³/mol. The van der Waals surface area contributed by atoms with E-state index in [1.54, 1.807) is 51.1 Å². The average Bonchev–Trinajstić information content (AvgIpc) is 3.40. The van der Waals surface area contributed by atoms with Gasteiger partial charge in [0, 0.05) is 0 Å². The average molecular weight is 599 g/mol. The SMILES string of the molecule is COc1nc(N)nc2c1ncn2[C@@H]1O[C@H](CO[P@@](=S)(N[C@H](C)C(=O)OC(C)C)Oc2ccccc2)[C@@H](O)[C@@]1(C)F. The number of methoxy groups -OCH3 is 1. The molecule has 1 aliphatic heterocycles. The highest BCUT2D eigenvalue weighted by Gasteiger charge is 2.56. The van der Waals surface area contributed by atoms with Gasteiger partial charge in [-0.1, -0.05) is 18.2 Å². The number of hydrogen-bond donors (Lipinski definition) is 3. The van der Waals surface area contributed by atoms with Gasteiger partial charge >= 0.3 is 12.6 Å². The Kier molecular flexibility index (Phi) is 8.93. The predicted octanol–water partition coefficient (Wildman–Crippen LogP) is 2.65. The molecule has 6 atom stereocenters. The maximum absolute atomic E-state index is 16.0. The van der Waals surface area contributed by atoms with Crippen LogP contribution >= 0.6 is 6.64 Å². The van der Waals surface area contributed by atoms with Gasteiger partial charge in [0.1, 0.15) is 24.0 Å². The number of halogens is 1. The molecule has 2 aromatic heterocycles. The smallest absolute Gasteiger partial charge is 0.323 e. The number of esters is 1. The summed E-state index contributed by atoms with van der Waals surface area (Å²) in [5, 5.41) is 13.8. The molecule has 40 heavy (non-hydrogen) atoms. The molecule has 1 aliphatic rings. The molecule has 1 fully saturated rings. The van der Waals surface area contributed by atoms with Crippen molar-refractivity contribution < 1.29 is 37.5 Å². The van der Waals surface area contributed by atoms with Gasteiger partial charge in [0.05, 0.1) is 26.1 Å². The van der Waals surface area contributed by atoms with Gasteiger partial charge in [0.15, 0.2) is 23.1 Å². The number of aromatic nitrogens is 4. The fourth-order valence-electron chi connectivity index (χ4n) is 4.08. The summed E-state index contributed by atoms with van der Waals surface area (Å²) in [7, 11) is 1.39. The van der Waals surface area contributed by atoms with E-state index in [9.17, 15) is 9.90 Å². The summed E-state index contributed by atoms with van der Waals surface area (Å²) >= 11 is 5.69. The number of nitrogens with two attached hydrogens (primary N) is 1. The summed E-state index contributed by atoms with van der Waals surface area (Å²) in [5.41, 5.74) is 3.88. The third kappa shape index (κ3) is 6.35. The minimum atomic E-state index is -3.46. The number of carbonyl (C=O) groups is 1. The Morgan fingerprint density at radius 2 is 2.02 bits per heavy atom. The molecule has 4 N–H and O–H groups in total. The number of nitrogen functional groups attached to an aromatic ring is 1. The maximum Gasteiger partial charge on any atom is 0.323 e. The van der Waals surface area contributed by atoms with E-state index in [4.69, 9.17) is 40.8 Å². The summed E-state index contributed by atoms with van der Waals surface area (Å²) in [6, 6.07) is 7.74. The van der Waals surface area contributed by atoms with Gasteiger partial charge in [-0.2, -0.15) is 9.97 Å². The first kappa shape index (κ1) is 30.0. The molecule has 0 radical (unpaired) electrons. The fourth-order valence-corrected chi connectivity index (χ4v) is 6.49. The van der Waals surface area contributed by atoms with Gasteiger partial charge in [0.2, 0.25) is 11.8 Å². The van der Waals surface area contributed by atoms with Crippen molar-refractivity contribution in [2.24, 2.45) is 0 Å². The lowest BCUT2D eigenvalue weighted by Gasteiger charge is -2.28. The van der Waals surface area contributed by atoms with Crippen LogP contribution in [0.25, 0.3) is 11.2 Å². The molecular formula is C24H32FN6O7PS. The molecule has 16 heteroatoms. The minimum absolute atomic E-state index is 0.107. The molecular weight excluding hydrogens is 566 g/mol. The number of nitrogens with one attached hydrogen (secondary N) is 1. The first-order valence-electron chi connectivity index (χ1n) is 12.4. The fraction of sp³-hybridized carbons (Fsp3) is 0.500. The third-order valence-electron chi connectivity index (χ3n) is 6.00. The highest BCUT2D eigenvalue weighted by molar-refractivity contribution is 8.09. The van der Waals surface area contributed by atoms with Gasteiger partial charge in [-0.15, -0.1) is 0 Å². The normalized spacial score (nSPS) is 25.1. The van der Waals surface area contributed by atoms with Crippen molar-refractivity contribution in [3.8, 4) is 11.6 Å². The van der Waals surface area contributed by atoms with E-state index in [1.807, 2.05) is 0 Å². The first-order valence-corrected chi connectivity index (χ1v) is 15.0. The maximum atomic E-state index is 16.0. The number of ether oxygens (including phenoxy) is 3. The second kappa shape index (κ2) is 11.9. The van der Waals surface area contributed by atoms with Crippen LogP contribution in [0.4, 0.5) is 10.3 Å². The Labute approximate surface area is 235 Å². The van der Waals surface area contributed by atoms with Crippen LogP contribution in [0.3, 0.4) is 0 Å². The second-order valence-corrected chi connectivity index (χ2v) is 12.7. The number of carbonyl (C=O) groups excluding carboxylic acids is 1. The Hall–Kier alpha value is -2.94. The van der Waals surface area contributed by atoms with Crippen LogP contribution < -0.4 is 20.1 Å². The van der Waals surface area contributed by atoms with Crippen molar-refractivity contribution in [3.05, 3.63) is 36.7 Å². The van der Waals surface area contributed by atoms with E-state index in [2.05, 4.69) is 20.0 Å². The van der Waals surface area contributed by atoms with Crippen LogP contribution in [0.1, 0.15) is 33.9 Å². The molecule has 0 amide bonds. The molecule has 0 aliphatic carbocycles. The van der Waals surface area contributed by atoms with Crippen LogP contribution in [0.15, 0.2) is 36.7 Å². The number of alkyl halides is 1. The Morgan fingerprint density at radius 1 is 1.32 bits per heavy atom. The number of anilines is 1. The second-order valence-electron chi connectivity index (χ2n) is 9.57. The number of hydrogen-bond acceptors (Lipinski definition) is 12. The Bertz CT molecular complexity index is 1390.